The molecular weight excluding hydrogens is 470 g/mol. The monoisotopic (exact) mass is 497 g/mol. The molecule has 0 bridgehead atoms. The smallest absolute Gasteiger partial charge is 0.300 e. The van der Waals surface area contributed by atoms with Gasteiger partial charge in [-0.05, 0) is 52.4 Å². The summed E-state index contributed by atoms with van der Waals surface area (Å²) >= 11 is 0. The van der Waals surface area contributed by atoms with Crippen molar-refractivity contribution in [3.05, 3.63) is 88.5 Å². The predicted molar refractivity (Wildman–Crippen MR) is 138 cm³/mol. The quantitative estimate of drug-likeness (QED) is 0.301. The number of ether oxygens (including phenoxy) is 3. The van der Waals surface area contributed by atoms with Gasteiger partial charge in [-0.1, -0.05) is 45.0 Å². The molecule has 37 heavy (non-hydrogen) atoms. The Morgan fingerprint density at radius 1 is 0.892 bits per heavy atom. The van der Waals surface area contributed by atoms with E-state index in [1.165, 1.54) is 4.90 Å². The predicted octanol–water partition coefficient (Wildman–Crippen LogP) is 5.27. The van der Waals surface area contributed by atoms with Gasteiger partial charge in [-0.15, -0.1) is 0 Å². The van der Waals surface area contributed by atoms with E-state index >= 15 is 0 Å². The fourth-order valence-electron chi connectivity index (χ4n) is 5.10. The first-order chi connectivity index (χ1) is 17.7. The Hall–Kier alpha value is -4.26. The van der Waals surface area contributed by atoms with Crippen molar-refractivity contribution in [1.82, 2.24) is 0 Å². The second-order valence-electron chi connectivity index (χ2n) is 10.5. The van der Waals surface area contributed by atoms with Crippen molar-refractivity contribution in [2.24, 2.45) is 0 Å². The summed E-state index contributed by atoms with van der Waals surface area (Å²) in [4.78, 5) is 28.4. The second kappa shape index (κ2) is 8.40. The molecule has 1 atom stereocenters. The summed E-state index contributed by atoms with van der Waals surface area (Å²) in [7, 11) is 0. The van der Waals surface area contributed by atoms with Crippen LogP contribution in [0.3, 0.4) is 0 Å². The van der Waals surface area contributed by atoms with Crippen molar-refractivity contribution in [1.29, 1.82) is 0 Å². The van der Waals surface area contributed by atoms with Gasteiger partial charge in [0.05, 0.1) is 18.2 Å². The minimum Gasteiger partial charge on any atom is -0.507 e. The van der Waals surface area contributed by atoms with E-state index in [-0.39, 0.29) is 23.5 Å². The fourth-order valence-corrected chi connectivity index (χ4v) is 5.10. The average molecular weight is 498 g/mol. The number of amides is 1. The summed E-state index contributed by atoms with van der Waals surface area (Å²) in [5.74, 6) is 0.186. The Balaban J connectivity index is 1.52. The Kier molecular flexibility index (Phi) is 5.26. The first-order valence-electron chi connectivity index (χ1n) is 12.3. The molecule has 7 heteroatoms. The maximum absolute atomic E-state index is 13.5. The van der Waals surface area contributed by atoms with Crippen molar-refractivity contribution in [3.63, 3.8) is 0 Å². The van der Waals surface area contributed by atoms with Gasteiger partial charge in [0.25, 0.3) is 11.7 Å². The molecule has 188 valence electrons. The lowest BCUT2D eigenvalue weighted by Crippen LogP contribution is -2.29. The van der Waals surface area contributed by atoms with Crippen LogP contribution in [0.1, 0.15) is 49.1 Å². The van der Waals surface area contributed by atoms with Crippen LogP contribution in [-0.4, -0.2) is 30.2 Å². The van der Waals surface area contributed by atoms with Crippen LogP contribution in [0, 0.1) is 0 Å². The van der Waals surface area contributed by atoms with E-state index < -0.39 is 17.7 Å². The molecule has 3 heterocycles. The number of carbonyl (C=O) groups excluding carboxylic acids is 2. The molecule has 3 aliphatic heterocycles. The zero-order valence-corrected chi connectivity index (χ0v) is 20.9. The van der Waals surface area contributed by atoms with Gasteiger partial charge in [-0.3, -0.25) is 14.5 Å². The number of anilines is 1. The number of benzene rings is 3. The zero-order chi connectivity index (χ0) is 25.9. The SMILES string of the molecule is CC(C)(C)c1ccc(C2/C(=C(\O)c3ccc4c(c3)CCO4)C(=O)C(=O)N2c2ccc3c(c2)OCO3)cc1. The summed E-state index contributed by atoms with van der Waals surface area (Å²) in [6.07, 6.45) is 0.722. The largest absolute Gasteiger partial charge is 0.507 e. The summed E-state index contributed by atoms with van der Waals surface area (Å²) in [6, 6.07) is 17.5. The minimum absolute atomic E-state index is 0.0463. The fraction of sp³-hybridized carbons (Fsp3) is 0.267. The van der Waals surface area contributed by atoms with E-state index in [9.17, 15) is 14.7 Å². The minimum atomic E-state index is -0.820. The van der Waals surface area contributed by atoms with Gasteiger partial charge in [0.2, 0.25) is 6.79 Å². The van der Waals surface area contributed by atoms with E-state index in [2.05, 4.69) is 20.8 Å². The third-order valence-corrected chi connectivity index (χ3v) is 7.13. The number of fused-ring (bicyclic) bond motifs is 2. The molecule has 3 aromatic rings. The van der Waals surface area contributed by atoms with Gasteiger partial charge >= 0.3 is 0 Å². The summed E-state index contributed by atoms with van der Waals surface area (Å²) in [5, 5.41) is 11.5. The van der Waals surface area contributed by atoms with Gasteiger partial charge in [-0.2, -0.15) is 0 Å². The van der Waals surface area contributed by atoms with Crippen LogP contribution in [0.4, 0.5) is 5.69 Å². The molecule has 0 spiro atoms. The lowest BCUT2D eigenvalue weighted by atomic mass is 9.85. The van der Waals surface area contributed by atoms with Crippen LogP contribution in [0.25, 0.3) is 5.76 Å². The molecule has 7 nitrogen and oxygen atoms in total. The molecule has 1 amide bonds. The number of aliphatic hydroxyl groups is 1. The molecule has 1 unspecified atom stereocenters. The van der Waals surface area contributed by atoms with E-state index in [4.69, 9.17) is 14.2 Å². The van der Waals surface area contributed by atoms with Gasteiger partial charge in [0.15, 0.2) is 11.5 Å². The Labute approximate surface area is 214 Å². The van der Waals surface area contributed by atoms with Crippen LogP contribution < -0.4 is 19.1 Å². The second-order valence-corrected chi connectivity index (χ2v) is 10.5. The number of rotatable bonds is 3. The summed E-state index contributed by atoms with van der Waals surface area (Å²) < 4.78 is 16.5. The van der Waals surface area contributed by atoms with E-state index in [1.807, 2.05) is 30.3 Å². The number of carbonyl (C=O) groups is 2. The Bertz CT molecular complexity index is 1460. The van der Waals surface area contributed by atoms with Crippen molar-refractivity contribution in [2.45, 2.75) is 38.6 Å². The molecule has 0 aliphatic carbocycles. The molecule has 3 aromatic carbocycles. The van der Waals surface area contributed by atoms with Crippen molar-refractivity contribution >= 4 is 23.1 Å². The highest BCUT2D eigenvalue weighted by Crippen LogP contribution is 2.45. The highest BCUT2D eigenvalue weighted by Gasteiger charge is 2.47. The number of aliphatic hydroxyl groups excluding tert-OH is 1. The summed E-state index contributed by atoms with van der Waals surface area (Å²) in [6.45, 7) is 7.04. The highest BCUT2D eigenvalue weighted by molar-refractivity contribution is 6.51. The van der Waals surface area contributed by atoms with Gasteiger partial charge in [0, 0.05) is 23.7 Å². The van der Waals surface area contributed by atoms with Crippen LogP contribution in [-0.2, 0) is 21.4 Å². The highest BCUT2D eigenvalue weighted by atomic mass is 16.7. The van der Waals surface area contributed by atoms with Crippen molar-refractivity contribution in [3.8, 4) is 17.2 Å². The Morgan fingerprint density at radius 2 is 1.62 bits per heavy atom. The van der Waals surface area contributed by atoms with Crippen LogP contribution in [0.15, 0.2) is 66.2 Å². The molecule has 0 saturated carbocycles. The van der Waals surface area contributed by atoms with Crippen molar-refractivity contribution < 1.29 is 28.9 Å². The van der Waals surface area contributed by atoms with Gasteiger partial charge < -0.3 is 19.3 Å². The van der Waals surface area contributed by atoms with E-state index in [1.54, 1.807) is 30.3 Å². The molecule has 3 aliphatic rings. The van der Waals surface area contributed by atoms with Crippen LogP contribution in [0.2, 0.25) is 0 Å². The van der Waals surface area contributed by atoms with Crippen LogP contribution in [0.5, 0.6) is 17.2 Å². The van der Waals surface area contributed by atoms with E-state index in [0.29, 0.717) is 29.4 Å². The lowest BCUT2D eigenvalue weighted by molar-refractivity contribution is -0.132. The molecular formula is C30H27NO6. The maximum Gasteiger partial charge on any atom is 0.300 e. The number of hydrogen-bond donors (Lipinski definition) is 1. The zero-order valence-electron chi connectivity index (χ0n) is 20.9. The first-order valence-corrected chi connectivity index (χ1v) is 12.3. The van der Waals surface area contributed by atoms with Gasteiger partial charge in [-0.25, -0.2) is 0 Å². The van der Waals surface area contributed by atoms with Crippen molar-refractivity contribution in [2.75, 3.05) is 18.3 Å². The number of Topliss-reactive ketones (excluding diaryl/α,β-unsaturated/α-hetero) is 1. The number of ketones is 1. The van der Waals surface area contributed by atoms with E-state index in [0.717, 1.165) is 28.9 Å². The molecule has 6 rings (SSSR count). The topological polar surface area (TPSA) is 85.3 Å². The lowest BCUT2D eigenvalue weighted by Gasteiger charge is -2.26. The normalized spacial score (nSPS) is 19.8. The molecule has 1 saturated heterocycles. The first kappa shape index (κ1) is 23.2. The maximum atomic E-state index is 13.5. The molecule has 1 N–H and O–H groups in total. The molecule has 0 aromatic heterocycles. The number of hydrogen-bond acceptors (Lipinski definition) is 6. The molecule has 1 fully saturated rings. The summed E-state index contributed by atoms with van der Waals surface area (Å²) in [5.41, 5.74) is 3.74. The van der Waals surface area contributed by atoms with Crippen LogP contribution >= 0.6 is 0 Å². The average Bonchev–Trinajstić information content (AvgIpc) is 3.60. The third-order valence-electron chi connectivity index (χ3n) is 7.13. The number of nitrogens with zero attached hydrogens (tertiary/aromatic N) is 1. The Morgan fingerprint density at radius 3 is 2.38 bits per heavy atom. The van der Waals surface area contributed by atoms with Gasteiger partial charge in [0.1, 0.15) is 11.5 Å². The molecule has 0 radical (unpaired) electrons. The standard InChI is InChI=1S/C30H27NO6/c1-30(2,3)20-7-4-17(5-8-20)26-25(27(32)19-6-10-22-18(14-19)12-13-35-22)28(33)29(34)31(26)21-9-11-23-24(15-21)37-16-36-23/h4-11,14-15,26,32H,12-13,16H2,1-3H3/b27-25+. The third kappa shape index (κ3) is 3.82.